The summed E-state index contributed by atoms with van der Waals surface area (Å²) in [7, 11) is 4.27. The predicted molar refractivity (Wildman–Crippen MR) is 220 cm³/mol. The second-order valence-corrected chi connectivity index (χ2v) is 16.4. The van der Waals surface area contributed by atoms with Gasteiger partial charge in [0.1, 0.15) is 22.9 Å². The number of amides is 2. The van der Waals surface area contributed by atoms with Gasteiger partial charge in [0.05, 0.1) is 40.6 Å². The van der Waals surface area contributed by atoms with Gasteiger partial charge in [-0.15, -0.1) is 0 Å². The van der Waals surface area contributed by atoms with Gasteiger partial charge >= 0.3 is 0 Å². The highest BCUT2D eigenvalue weighted by Gasteiger charge is 2.31. The van der Waals surface area contributed by atoms with Crippen LogP contribution in [-0.4, -0.2) is 158 Å². The van der Waals surface area contributed by atoms with Crippen LogP contribution in [0, 0.1) is 0 Å². The Hall–Kier alpha value is -4.94. The van der Waals surface area contributed by atoms with Crippen LogP contribution >= 0.6 is 0 Å². The van der Waals surface area contributed by atoms with Gasteiger partial charge in [0.25, 0.3) is 31.9 Å². The van der Waals surface area contributed by atoms with Crippen LogP contribution in [0.25, 0.3) is 0 Å². The van der Waals surface area contributed by atoms with Crippen LogP contribution in [0.15, 0.2) is 70.7 Å². The van der Waals surface area contributed by atoms with Crippen molar-refractivity contribution in [3.8, 4) is 11.5 Å². The van der Waals surface area contributed by atoms with Crippen molar-refractivity contribution in [2.75, 3.05) is 95.3 Å². The first-order valence-electron chi connectivity index (χ1n) is 18.5. The molecule has 0 atom stereocenters. The fourth-order valence-corrected chi connectivity index (χ4v) is 7.44. The zero-order valence-corrected chi connectivity index (χ0v) is 36.9. The van der Waals surface area contributed by atoms with Crippen molar-refractivity contribution in [1.82, 2.24) is 33.7 Å². The molecule has 2 aromatic heterocycles. The normalized spacial score (nSPS) is 11.6. The lowest BCUT2D eigenvalue weighted by Gasteiger charge is -2.22. The minimum atomic E-state index is -4.10. The van der Waals surface area contributed by atoms with Crippen LogP contribution in [0.5, 0.6) is 11.5 Å². The maximum Gasteiger partial charge on any atom is 0.272 e. The molecule has 2 amide bonds. The molecule has 0 aliphatic heterocycles. The summed E-state index contributed by atoms with van der Waals surface area (Å²) < 4.78 is 84.8. The third-order valence-electron chi connectivity index (χ3n) is 8.92. The number of rotatable bonds is 23. The van der Waals surface area contributed by atoms with Crippen molar-refractivity contribution in [1.29, 1.82) is 0 Å². The van der Waals surface area contributed by atoms with E-state index in [1.165, 1.54) is 45.9 Å². The van der Waals surface area contributed by atoms with Crippen molar-refractivity contribution >= 4 is 31.9 Å². The highest BCUT2D eigenvalue weighted by molar-refractivity contribution is 7.89. The Balaban J connectivity index is 0.000000386. The fourth-order valence-electron chi connectivity index (χ4n) is 5.53. The third-order valence-corrected chi connectivity index (χ3v) is 11.4. The van der Waals surface area contributed by atoms with Crippen LogP contribution < -0.4 is 14.6 Å². The number of nitrogens with zero attached hydrogens (tertiary/aromatic N) is 7. The van der Waals surface area contributed by atoms with E-state index in [-0.39, 0.29) is 46.3 Å². The summed E-state index contributed by atoms with van der Waals surface area (Å²) in [6, 6.07) is 16.8. The van der Waals surface area contributed by atoms with Crippen LogP contribution in [-0.2, 0) is 66.2 Å². The monoisotopic (exact) mass is 880 g/mol. The first kappa shape index (κ1) is 49.4. The molecule has 60 heavy (non-hydrogen) atoms. The molecule has 20 nitrogen and oxygen atoms in total. The predicted octanol–water partition coefficient (Wildman–Crippen LogP) is 1.37. The molecular weight excluding hydrogens is 825 g/mol. The summed E-state index contributed by atoms with van der Waals surface area (Å²) in [5, 5.41) is 12.4. The van der Waals surface area contributed by atoms with E-state index in [0.29, 0.717) is 64.1 Å². The minimum absolute atomic E-state index is 0.0893. The minimum Gasteiger partial charge on any atom is -0.497 e. The number of ether oxygens (including phenoxy) is 6. The fraction of sp³-hybridized carbons (Fsp3) is 0.474. The van der Waals surface area contributed by atoms with Crippen molar-refractivity contribution in [2.45, 2.75) is 23.1 Å². The zero-order valence-electron chi connectivity index (χ0n) is 35.3. The molecule has 0 unspecified atom stereocenters. The molecule has 0 aliphatic carbocycles. The second-order valence-electron chi connectivity index (χ2n) is 13.1. The molecule has 0 spiro atoms. The van der Waals surface area contributed by atoms with Gasteiger partial charge in [-0.05, 0) is 35.4 Å². The van der Waals surface area contributed by atoms with Gasteiger partial charge in [0, 0.05) is 93.9 Å². The van der Waals surface area contributed by atoms with Gasteiger partial charge in [-0.1, -0.05) is 24.3 Å². The van der Waals surface area contributed by atoms with Crippen molar-refractivity contribution in [3.05, 3.63) is 83.2 Å². The average molecular weight is 881 g/mol. The van der Waals surface area contributed by atoms with Crippen LogP contribution in [0.4, 0.5) is 0 Å². The molecule has 4 rings (SSSR count). The first-order valence-corrected chi connectivity index (χ1v) is 21.4. The topological polar surface area (TPSA) is 229 Å². The van der Waals surface area contributed by atoms with Gasteiger partial charge in [-0.25, -0.2) is 22.0 Å². The molecule has 2 heterocycles. The largest absolute Gasteiger partial charge is 0.497 e. The molecule has 22 heteroatoms. The molecular formula is C38H56N8O12S2. The average Bonchev–Trinajstić information content (AvgIpc) is 3.84. The molecule has 0 aliphatic rings. The SMILES string of the molecule is COCCN(CCOC)C(=O)c1cc(S(=O)(=O)N(Cc2ccc(OC)cc2)Cc2ccc(OC)cc2)nn1C.COCCN(CCOC)C(=O)c1cc(S(N)(=O)=O)nn1C. The molecule has 0 bridgehead atoms. The summed E-state index contributed by atoms with van der Waals surface area (Å²) in [5.41, 5.74) is 1.82. The molecule has 0 radical (unpaired) electrons. The molecule has 0 fully saturated rings. The van der Waals surface area contributed by atoms with E-state index in [0.717, 1.165) is 17.2 Å². The zero-order chi connectivity index (χ0) is 44.5. The standard InChI is InChI=1S/C27H36N4O7S.C11H20N4O5S/c1-29-25(27(32)30(14-16-35-2)15-17-36-3)18-26(28-29)39(33,34)31(19-21-6-10-23(37-4)11-7-21)20-22-8-12-24(38-5)13-9-22;1-14-9(8-10(13-14)21(12,17)18)11(16)15(4-6-19-2)5-7-20-3/h6-13,18H,14-17,19-20H2,1-5H3;8H,4-7H2,1-3H3,(H2,12,17,18). The van der Waals surface area contributed by atoms with Crippen LogP contribution in [0.3, 0.4) is 0 Å². The van der Waals surface area contributed by atoms with E-state index in [1.54, 1.807) is 64.7 Å². The number of aryl methyl sites for hydroxylation is 2. The summed E-state index contributed by atoms with van der Waals surface area (Å²) in [6.45, 7) is 2.91. The Morgan fingerprint density at radius 1 is 0.583 bits per heavy atom. The van der Waals surface area contributed by atoms with Gasteiger partial charge in [-0.3, -0.25) is 19.0 Å². The van der Waals surface area contributed by atoms with E-state index < -0.39 is 20.0 Å². The van der Waals surface area contributed by atoms with Gasteiger partial charge < -0.3 is 38.2 Å². The lowest BCUT2D eigenvalue weighted by Crippen LogP contribution is -2.37. The number of hydrogen-bond acceptors (Lipinski definition) is 14. The number of hydrogen-bond donors (Lipinski definition) is 1. The van der Waals surface area contributed by atoms with E-state index >= 15 is 0 Å². The number of methoxy groups -OCH3 is 6. The smallest absolute Gasteiger partial charge is 0.272 e. The summed E-state index contributed by atoms with van der Waals surface area (Å²) >= 11 is 0. The second kappa shape index (κ2) is 23.7. The van der Waals surface area contributed by atoms with Crippen molar-refractivity contribution in [2.24, 2.45) is 19.2 Å². The van der Waals surface area contributed by atoms with Crippen LogP contribution in [0.2, 0.25) is 0 Å². The highest BCUT2D eigenvalue weighted by atomic mass is 32.2. The number of aromatic nitrogens is 4. The maximum atomic E-state index is 13.9. The van der Waals surface area contributed by atoms with Gasteiger partial charge in [-0.2, -0.15) is 14.5 Å². The Morgan fingerprint density at radius 2 is 0.917 bits per heavy atom. The number of sulfonamides is 2. The lowest BCUT2D eigenvalue weighted by molar-refractivity contribution is 0.0612. The van der Waals surface area contributed by atoms with Crippen LogP contribution in [0.1, 0.15) is 32.1 Å². The maximum absolute atomic E-state index is 13.9. The number of primary sulfonamides is 1. The molecule has 2 N–H and O–H groups in total. The molecule has 2 aromatic carbocycles. The number of carbonyl (C=O) groups is 2. The summed E-state index contributed by atoms with van der Waals surface area (Å²) in [5.74, 6) is 0.608. The van der Waals surface area contributed by atoms with E-state index in [1.807, 2.05) is 24.3 Å². The van der Waals surface area contributed by atoms with E-state index in [9.17, 15) is 26.4 Å². The first-order chi connectivity index (χ1) is 28.5. The third kappa shape index (κ3) is 14.1. The highest BCUT2D eigenvalue weighted by Crippen LogP contribution is 2.24. The van der Waals surface area contributed by atoms with E-state index in [4.69, 9.17) is 33.6 Å². The molecule has 0 saturated carbocycles. The Bertz CT molecular complexity index is 2110. The molecule has 0 saturated heterocycles. The molecule has 4 aromatic rings. The Morgan fingerprint density at radius 3 is 1.22 bits per heavy atom. The lowest BCUT2D eigenvalue weighted by atomic mass is 10.2. The Kier molecular flexibility index (Phi) is 19.6. The number of benzene rings is 2. The van der Waals surface area contributed by atoms with E-state index in [2.05, 4.69) is 10.2 Å². The quantitative estimate of drug-likeness (QED) is 0.111. The number of nitrogens with two attached hydrogens (primary N) is 1. The summed E-state index contributed by atoms with van der Waals surface area (Å²) in [6.07, 6.45) is 0. The van der Waals surface area contributed by atoms with Gasteiger partial charge in [0.15, 0.2) is 10.1 Å². The number of carbonyl (C=O) groups excluding carboxylic acids is 2. The van der Waals surface area contributed by atoms with Gasteiger partial charge in [0.2, 0.25) is 0 Å². The molecule has 332 valence electrons. The van der Waals surface area contributed by atoms with Crippen molar-refractivity contribution < 1.29 is 54.8 Å². The van der Waals surface area contributed by atoms with Crippen molar-refractivity contribution in [3.63, 3.8) is 0 Å². The Labute approximate surface area is 351 Å². The summed E-state index contributed by atoms with van der Waals surface area (Å²) in [4.78, 5) is 28.8.